The first kappa shape index (κ1) is 13.5. The molecule has 0 atom stereocenters. The molecule has 0 heterocycles. The Morgan fingerprint density at radius 2 is 2.29 bits per heavy atom. The molecule has 0 unspecified atom stereocenters. The van der Waals surface area contributed by atoms with Crippen LogP contribution in [0.5, 0.6) is 0 Å². The molecule has 17 heavy (non-hydrogen) atoms. The van der Waals surface area contributed by atoms with E-state index in [-0.39, 0.29) is 5.71 Å². The Balaban J connectivity index is 2.72. The van der Waals surface area contributed by atoms with Crippen molar-refractivity contribution in [2.75, 3.05) is 17.8 Å². The number of hydrogen-bond donors (Lipinski definition) is 2. The number of carbonyl (C=O) groups excluding carboxylic acids is 1. The lowest BCUT2D eigenvalue weighted by Gasteiger charge is -2.05. The molecular weight excluding hydrogens is 286 g/mol. The van der Waals surface area contributed by atoms with Crippen LogP contribution in [0.15, 0.2) is 27.8 Å². The topological polar surface area (TPSA) is 76.7 Å². The van der Waals surface area contributed by atoms with E-state index < -0.39 is 5.97 Å². The predicted octanol–water partition coefficient (Wildman–Crippen LogP) is 2.38. The minimum absolute atomic E-state index is 0.260. The van der Waals surface area contributed by atoms with Crippen LogP contribution in [0.2, 0.25) is 0 Å². The number of nitrogens with two attached hydrogens (primary N) is 1. The first-order valence-corrected chi connectivity index (χ1v) is 5.86. The number of rotatable bonds is 4. The van der Waals surface area contributed by atoms with Crippen molar-refractivity contribution >= 4 is 39.0 Å². The molecule has 0 radical (unpaired) electrons. The number of halogens is 1. The molecular formula is C11H14BrN3O2. The highest BCUT2D eigenvalue weighted by Gasteiger charge is 2.06. The van der Waals surface area contributed by atoms with Gasteiger partial charge in [-0.25, -0.2) is 4.79 Å². The number of esters is 1. The van der Waals surface area contributed by atoms with Gasteiger partial charge in [-0.15, -0.1) is 0 Å². The van der Waals surface area contributed by atoms with E-state index in [2.05, 4.69) is 26.5 Å². The van der Waals surface area contributed by atoms with Crippen LogP contribution in [0.3, 0.4) is 0 Å². The quantitative estimate of drug-likeness (QED) is 0.387. The predicted molar refractivity (Wildman–Crippen MR) is 71.9 cm³/mol. The summed E-state index contributed by atoms with van der Waals surface area (Å²) in [5.41, 5.74) is 10.00. The normalized spacial score (nSPS) is 11.1. The summed E-state index contributed by atoms with van der Waals surface area (Å²) in [5, 5.41) is 3.92. The summed E-state index contributed by atoms with van der Waals surface area (Å²) in [6.07, 6.45) is 0. The zero-order chi connectivity index (χ0) is 12.8. The molecule has 1 aromatic carbocycles. The fourth-order valence-corrected chi connectivity index (χ4v) is 1.53. The van der Waals surface area contributed by atoms with E-state index in [0.717, 1.165) is 10.2 Å². The number of nitrogens with one attached hydrogen (secondary N) is 1. The second-order valence-electron chi connectivity index (χ2n) is 3.27. The maximum Gasteiger partial charge on any atom is 0.354 e. The standard InChI is InChI=1S/C11H14BrN3O2/c1-3-17-11(16)7(2)14-15-10-5-4-8(13)6-9(10)12/h4-6,15H,3,13H2,1-2H3/b14-7-. The van der Waals surface area contributed by atoms with Gasteiger partial charge in [-0.2, -0.15) is 5.10 Å². The Hall–Kier alpha value is -1.56. The lowest BCUT2D eigenvalue weighted by atomic mass is 10.3. The molecule has 6 heteroatoms. The Morgan fingerprint density at radius 1 is 1.59 bits per heavy atom. The molecule has 0 fully saturated rings. The van der Waals surface area contributed by atoms with E-state index in [1.165, 1.54) is 0 Å². The molecule has 0 saturated heterocycles. The second-order valence-corrected chi connectivity index (χ2v) is 4.12. The highest BCUT2D eigenvalue weighted by molar-refractivity contribution is 9.10. The number of benzene rings is 1. The smallest absolute Gasteiger partial charge is 0.354 e. The molecule has 0 spiro atoms. The third-order valence-corrected chi connectivity index (χ3v) is 2.56. The first-order valence-electron chi connectivity index (χ1n) is 5.07. The lowest BCUT2D eigenvalue weighted by molar-refractivity contribution is -0.135. The van der Waals surface area contributed by atoms with Crippen LogP contribution in [0.25, 0.3) is 0 Å². The van der Waals surface area contributed by atoms with Gasteiger partial charge in [0.1, 0.15) is 5.71 Å². The number of hydrogen-bond acceptors (Lipinski definition) is 5. The molecule has 0 aromatic heterocycles. The largest absolute Gasteiger partial charge is 0.461 e. The minimum Gasteiger partial charge on any atom is -0.461 e. The van der Waals surface area contributed by atoms with E-state index in [9.17, 15) is 4.79 Å². The van der Waals surface area contributed by atoms with E-state index in [0.29, 0.717) is 12.3 Å². The number of anilines is 2. The summed E-state index contributed by atoms with van der Waals surface area (Å²) in [4.78, 5) is 11.3. The van der Waals surface area contributed by atoms with Crippen LogP contribution in [0.1, 0.15) is 13.8 Å². The summed E-state index contributed by atoms with van der Waals surface area (Å²) in [6.45, 7) is 3.66. The van der Waals surface area contributed by atoms with Gasteiger partial charge in [0.25, 0.3) is 0 Å². The molecule has 0 bridgehead atoms. The Bertz CT molecular complexity index is 446. The summed E-state index contributed by atoms with van der Waals surface area (Å²) in [6, 6.07) is 5.25. The number of ether oxygens (including phenoxy) is 1. The van der Waals surface area contributed by atoms with Crippen molar-refractivity contribution in [1.29, 1.82) is 0 Å². The van der Waals surface area contributed by atoms with Gasteiger partial charge in [-0.3, -0.25) is 5.43 Å². The highest BCUT2D eigenvalue weighted by Crippen LogP contribution is 2.24. The molecule has 3 N–H and O–H groups in total. The van der Waals surface area contributed by atoms with Gasteiger partial charge in [0.15, 0.2) is 0 Å². The minimum atomic E-state index is -0.438. The van der Waals surface area contributed by atoms with Gasteiger partial charge >= 0.3 is 5.97 Å². The SMILES string of the molecule is CCOC(=O)/C(C)=N\Nc1ccc(N)cc1Br. The number of nitrogens with zero attached hydrogens (tertiary/aromatic N) is 1. The van der Waals surface area contributed by atoms with Gasteiger partial charge in [-0.1, -0.05) is 0 Å². The molecule has 1 rings (SSSR count). The monoisotopic (exact) mass is 299 g/mol. The van der Waals surface area contributed by atoms with Crippen LogP contribution in [0, 0.1) is 0 Å². The van der Waals surface area contributed by atoms with Crippen molar-refractivity contribution in [2.45, 2.75) is 13.8 Å². The van der Waals surface area contributed by atoms with Crippen molar-refractivity contribution in [1.82, 2.24) is 0 Å². The highest BCUT2D eigenvalue weighted by atomic mass is 79.9. The van der Waals surface area contributed by atoms with Gasteiger partial charge in [-0.05, 0) is 48.0 Å². The zero-order valence-electron chi connectivity index (χ0n) is 9.66. The van der Waals surface area contributed by atoms with Gasteiger partial charge in [0.05, 0.1) is 12.3 Å². The third-order valence-electron chi connectivity index (χ3n) is 1.91. The Morgan fingerprint density at radius 3 is 2.88 bits per heavy atom. The Labute approximate surface area is 108 Å². The average Bonchev–Trinajstić information content (AvgIpc) is 2.27. The first-order chi connectivity index (χ1) is 8.04. The van der Waals surface area contributed by atoms with Crippen LogP contribution in [-0.4, -0.2) is 18.3 Å². The van der Waals surface area contributed by atoms with E-state index in [1.54, 1.807) is 32.0 Å². The lowest BCUT2D eigenvalue weighted by Crippen LogP contribution is -2.15. The average molecular weight is 300 g/mol. The van der Waals surface area contributed by atoms with Crippen LogP contribution in [0.4, 0.5) is 11.4 Å². The van der Waals surface area contributed by atoms with Crippen molar-refractivity contribution in [3.05, 3.63) is 22.7 Å². The number of carbonyl (C=O) groups is 1. The summed E-state index contributed by atoms with van der Waals surface area (Å²) in [7, 11) is 0. The van der Waals surface area contributed by atoms with Gasteiger partial charge in [0.2, 0.25) is 0 Å². The van der Waals surface area contributed by atoms with Crippen molar-refractivity contribution in [3.8, 4) is 0 Å². The molecule has 0 amide bonds. The maximum absolute atomic E-state index is 11.3. The molecule has 0 aliphatic rings. The van der Waals surface area contributed by atoms with Crippen molar-refractivity contribution in [3.63, 3.8) is 0 Å². The van der Waals surface area contributed by atoms with Gasteiger partial charge < -0.3 is 10.5 Å². The van der Waals surface area contributed by atoms with Gasteiger partial charge in [0, 0.05) is 10.2 Å². The summed E-state index contributed by atoms with van der Waals surface area (Å²) in [5.74, 6) is -0.438. The van der Waals surface area contributed by atoms with Crippen molar-refractivity contribution < 1.29 is 9.53 Å². The second kappa shape index (κ2) is 6.24. The molecule has 0 saturated carbocycles. The van der Waals surface area contributed by atoms with Crippen LogP contribution in [-0.2, 0) is 9.53 Å². The molecule has 0 aliphatic carbocycles. The number of hydrazone groups is 1. The van der Waals surface area contributed by atoms with E-state index >= 15 is 0 Å². The fraction of sp³-hybridized carbons (Fsp3) is 0.273. The van der Waals surface area contributed by atoms with Crippen molar-refractivity contribution in [2.24, 2.45) is 5.10 Å². The van der Waals surface area contributed by atoms with E-state index in [1.807, 2.05) is 0 Å². The maximum atomic E-state index is 11.3. The molecule has 92 valence electrons. The number of nitrogen functional groups attached to an aromatic ring is 1. The molecule has 5 nitrogen and oxygen atoms in total. The zero-order valence-corrected chi connectivity index (χ0v) is 11.2. The van der Waals surface area contributed by atoms with E-state index in [4.69, 9.17) is 10.5 Å². The van der Waals surface area contributed by atoms with Crippen LogP contribution >= 0.6 is 15.9 Å². The molecule has 0 aliphatic heterocycles. The summed E-state index contributed by atoms with van der Waals surface area (Å²) >= 11 is 3.34. The Kier molecular flexibility index (Phi) is 4.96. The van der Waals surface area contributed by atoms with Crippen LogP contribution < -0.4 is 11.2 Å². The fourth-order valence-electron chi connectivity index (χ4n) is 1.05. The molecule has 1 aromatic rings. The third kappa shape index (κ3) is 4.07. The summed E-state index contributed by atoms with van der Waals surface area (Å²) < 4.78 is 5.58.